The molecular formula is C12H16F2N2O. The van der Waals surface area contributed by atoms with Crippen molar-refractivity contribution < 1.29 is 13.9 Å². The second kappa shape index (κ2) is 4.87. The van der Waals surface area contributed by atoms with Gasteiger partial charge in [0.05, 0.1) is 11.4 Å². The summed E-state index contributed by atoms with van der Waals surface area (Å²) in [6.07, 6.45) is 1.56. The van der Waals surface area contributed by atoms with Gasteiger partial charge in [-0.15, -0.1) is 0 Å². The van der Waals surface area contributed by atoms with E-state index in [2.05, 4.69) is 0 Å². The van der Waals surface area contributed by atoms with Crippen LogP contribution in [0.4, 0.5) is 20.2 Å². The lowest BCUT2D eigenvalue weighted by Gasteiger charge is -2.21. The first-order valence-electron chi connectivity index (χ1n) is 5.72. The maximum absolute atomic E-state index is 13.7. The van der Waals surface area contributed by atoms with Gasteiger partial charge in [0.25, 0.3) is 0 Å². The average molecular weight is 242 g/mol. The lowest BCUT2D eigenvalue weighted by Crippen LogP contribution is -2.22. The van der Waals surface area contributed by atoms with Crippen LogP contribution in [0.15, 0.2) is 12.1 Å². The molecule has 17 heavy (non-hydrogen) atoms. The minimum Gasteiger partial charge on any atom is -0.397 e. The van der Waals surface area contributed by atoms with E-state index in [9.17, 15) is 8.78 Å². The zero-order valence-corrected chi connectivity index (χ0v) is 9.50. The van der Waals surface area contributed by atoms with Crippen molar-refractivity contribution in [3.05, 3.63) is 23.8 Å². The van der Waals surface area contributed by atoms with Gasteiger partial charge in [0.15, 0.2) is 11.6 Å². The molecule has 1 aromatic rings. The van der Waals surface area contributed by atoms with E-state index in [1.807, 2.05) is 0 Å². The van der Waals surface area contributed by atoms with Crippen LogP contribution in [0.25, 0.3) is 0 Å². The number of aliphatic hydroxyl groups is 1. The molecule has 1 aliphatic heterocycles. The predicted octanol–water partition coefficient (Wildman–Crippen LogP) is 1.76. The Labute approximate surface area is 98.8 Å². The second-order valence-electron chi connectivity index (χ2n) is 4.41. The van der Waals surface area contributed by atoms with Crippen molar-refractivity contribution in [2.75, 3.05) is 30.3 Å². The summed E-state index contributed by atoms with van der Waals surface area (Å²) in [5.74, 6) is -1.43. The number of hydrogen-bond donors (Lipinski definition) is 2. The highest BCUT2D eigenvalue weighted by Crippen LogP contribution is 2.33. The minimum atomic E-state index is -0.880. The number of anilines is 2. The summed E-state index contributed by atoms with van der Waals surface area (Å²) in [4.78, 5) is 1.76. The Kier molecular flexibility index (Phi) is 3.47. The number of benzene rings is 1. The summed E-state index contributed by atoms with van der Waals surface area (Å²) in [6.45, 7) is 1.39. The number of nitrogens with zero attached hydrogens (tertiary/aromatic N) is 1. The second-order valence-corrected chi connectivity index (χ2v) is 4.41. The molecule has 0 aromatic heterocycles. The molecule has 0 aliphatic carbocycles. The van der Waals surface area contributed by atoms with Gasteiger partial charge < -0.3 is 15.7 Å². The van der Waals surface area contributed by atoms with Crippen LogP contribution in [0.5, 0.6) is 0 Å². The van der Waals surface area contributed by atoms with Crippen molar-refractivity contribution in [1.29, 1.82) is 0 Å². The normalized spacial score (nSPS) is 19.9. The molecule has 0 radical (unpaired) electrons. The van der Waals surface area contributed by atoms with E-state index in [0.29, 0.717) is 25.4 Å². The summed E-state index contributed by atoms with van der Waals surface area (Å²) in [5, 5.41) is 8.86. The molecule has 1 aliphatic rings. The van der Waals surface area contributed by atoms with Gasteiger partial charge in [-0.2, -0.15) is 0 Å². The molecule has 0 bridgehead atoms. The summed E-state index contributed by atoms with van der Waals surface area (Å²) >= 11 is 0. The lowest BCUT2D eigenvalue weighted by molar-refractivity contribution is 0.263. The van der Waals surface area contributed by atoms with E-state index in [1.165, 1.54) is 6.07 Å². The Morgan fingerprint density at radius 2 is 2.18 bits per heavy atom. The van der Waals surface area contributed by atoms with Crippen LogP contribution in [-0.2, 0) is 0 Å². The number of rotatable bonds is 3. The molecule has 3 nitrogen and oxygen atoms in total. The Bertz CT molecular complexity index is 412. The van der Waals surface area contributed by atoms with Crippen molar-refractivity contribution in [3.63, 3.8) is 0 Å². The van der Waals surface area contributed by atoms with Crippen molar-refractivity contribution in [1.82, 2.24) is 0 Å². The van der Waals surface area contributed by atoms with Gasteiger partial charge in [-0.25, -0.2) is 8.78 Å². The van der Waals surface area contributed by atoms with Crippen molar-refractivity contribution in [2.45, 2.75) is 12.8 Å². The molecular weight excluding hydrogens is 226 g/mol. The van der Waals surface area contributed by atoms with Crippen LogP contribution in [0.1, 0.15) is 12.8 Å². The highest BCUT2D eigenvalue weighted by atomic mass is 19.2. The first-order valence-corrected chi connectivity index (χ1v) is 5.72. The van der Waals surface area contributed by atoms with Crippen molar-refractivity contribution in [3.8, 4) is 0 Å². The van der Waals surface area contributed by atoms with Gasteiger partial charge >= 0.3 is 0 Å². The van der Waals surface area contributed by atoms with E-state index >= 15 is 0 Å². The lowest BCUT2D eigenvalue weighted by atomic mass is 10.1. The third-order valence-corrected chi connectivity index (χ3v) is 3.24. The summed E-state index contributed by atoms with van der Waals surface area (Å²) in [5.41, 5.74) is 6.11. The predicted molar refractivity (Wildman–Crippen MR) is 62.8 cm³/mol. The molecule has 1 unspecified atom stereocenters. The first-order chi connectivity index (χ1) is 8.13. The molecule has 0 amide bonds. The van der Waals surface area contributed by atoms with Crippen molar-refractivity contribution in [2.24, 2.45) is 5.92 Å². The Balaban J connectivity index is 2.21. The highest BCUT2D eigenvalue weighted by Gasteiger charge is 2.26. The summed E-state index contributed by atoms with van der Waals surface area (Å²) in [7, 11) is 0. The zero-order valence-electron chi connectivity index (χ0n) is 9.50. The average Bonchev–Trinajstić information content (AvgIpc) is 2.73. The minimum absolute atomic E-state index is 0.125. The molecule has 3 N–H and O–H groups in total. The molecule has 1 aromatic carbocycles. The van der Waals surface area contributed by atoms with Crippen LogP contribution in [0.2, 0.25) is 0 Å². The standard InChI is InChI=1S/C12H16F2N2O/c13-9-1-2-10(15)12(11(9)14)16-5-3-8(7-16)4-6-17/h1-2,8,17H,3-7,15H2. The van der Waals surface area contributed by atoms with Crippen LogP contribution >= 0.6 is 0 Å². The topological polar surface area (TPSA) is 49.5 Å². The maximum Gasteiger partial charge on any atom is 0.184 e. The quantitative estimate of drug-likeness (QED) is 0.794. The van der Waals surface area contributed by atoms with Crippen LogP contribution in [0.3, 0.4) is 0 Å². The molecule has 2 rings (SSSR count). The molecule has 1 saturated heterocycles. The summed E-state index contributed by atoms with van der Waals surface area (Å²) in [6, 6.07) is 2.42. The third-order valence-electron chi connectivity index (χ3n) is 3.24. The number of nitrogen functional groups attached to an aromatic ring is 1. The van der Waals surface area contributed by atoms with Gasteiger partial charge in [0.2, 0.25) is 0 Å². The fourth-order valence-corrected chi connectivity index (χ4v) is 2.33. The molecule has 0 saturated carbocycles. The largest absolute Gasteiger partial charge is 0.397 e. The van der Waals surface area contributed by atoms with E-state index in [-0.39, 0.29) is 18.0 Å². The maximum atomic E-state index is 13.7. The molecule has 1 heterocycles. The van der Waals surface area contributed by atoms with Gasteiger partial charge in [-0.05, 0) is 30.9 Å². The van der Waals surface area contributed by atoms with E-state index < -0.39 is 11.6 Å². The van der Waals surface area contributed by atoms with E-state index in [1.54, 1.807) is 4.90 Å². The van der Waals surface area contributed by atoms with E-state index in [0.717, 1.165) is 12.5 Å². The van der Waals surface area contributed by atoms with Gasteiger partial charge in [-0.3, -0.25) is 0 Å². The molecule has 5 heteroatoms. The Morgan fingerprint density at radius 1 is 1.41 bits per heavy atom. The third kappa shape index (κ3) is 2.34. The number of hydrogen-bond acceptors (Lipinski definition) is 3. The zero-order chi connectivity index (χ0) is 12.4. The fourth-order valence-electron chi connectivity index (χ4n) is 2.33. The van der Waals surface area contributed by atoms with Gasteiger partial charge in [0, 0.05) is 19.7 Å². The van der Waals surface area contributed by atoms with Crippen LogP contribution in [0, 0.1) is 17.6 Å². The Morgan fingerprint density at radius 3 is 2.88 bits per heavy atom. The van der Waals surface area contributed by atoms with Crippen molar-refractivity contribution >= 4 is 11.4 Å². The smallest absolute Gasteiger partial charge is 0.184 e. The SMILES string of the molecule is Nc1ccc(F)c(F)c1N1CCC(CCO)C1. The van der Waals surface area contributed by atoms with Gasteiger partial charge in [-0.1, -0.05) is 0 Å². The van der Waals surface area contributed by atoms with Crippen LogP contribution in [-0.4, -0.2) is 24.8 Å². The fraction of sp³-hybridized carbons (Fsp3) is 0.500. The van der Waals surface area contributed by atoms with E-state index in [4.69, 9.17) is 10.8 Å². The summed E-state index contributed by atoms with van der Waals surface area (Å²) < 4.78 is 26.8. The molecule has 1 fully saturated rings. The Hall–Kier alpha value is -1.36. The highest BCUT2D eigenvalue weighted by molar-refractivity contribution is 5.68. The number of aliphatic hydroxyl groups excluding tert-OH is 1. The van der Waals surface area contributed by atoms with Gasteiger partial charge in [0.1, 0.15) is 0 Å². The first kappa shape index (κ1) is 12.1. The number of nitrogens with two attached hydrogens (primary N) is 1. The monoisotopic (exact) mass is 242 g/mol. The molecule has 94 valence electrons. The number of halogens is 2. The van der Waals surface area contributed by atoms with Crippen LogP contribution < -0.4 is 10.6 Å². The molecule has 1 atom stereocenters. The molecule has 0 spiro atoms.